The van der Waals surface area contributed by atoms with Gasteiger partial charge in [-0.3, -0.25) is 24.0 Å². The van der Waals surface area contributed by atoms with Gasteiger partial charge in [0.1, 0.15) is 24.2 Å². The standard InChI is InChI=1S/C19H31N5O5/c1-11(16(26)20-4)22-17(27)14-7-5-9-23(14)19(29)15-8-6-10-24(15)18(28)12(2)21-13(3)25/h11-12,14-15H,5-10H2,1-4H3,(H,20,26)(H,21,25)(H,22,27)/t11-,12-,14-,15+/m0/s1. The van der Waals surface area contributed by atoms with Crippen molar-refractivity contribution < 1.29 is 24.0 Å². The molecule has 0 bridgehead atoms. The second kappa shape index (κ2) is 9.71. The van der Waals surface area contributed by atoms with Crippen LogP contribution in [0.1, 0.15) is 46.5 Å². The monoisotopic (exact) mass is 409 g/mol. The highest BCUT2D eigenvalue weighted by Gasteiger charge is 2.43. The molecule has 162 valence electrons. The number of nitrogens with zero attached hydrogens (tertiary/aromatic N) is 2. The summed E-state index contributed by atoms with van der Waals surface area (Å²) in [6, 6.07) is -2.71. The lowest BCUT2D eigenvalue weighted by molar-refractivity contribution is -0.147. The van der Waals surface area contributed by atoms with E-state index in [1.165, 1.54) is 23.8 Å². The van der Waals surface area contributed by atoms with Crippen molar-refractivity contribution in [1.29, 1.82) is 0 Å². The molecule has 0 unspecified atom stereocenters. The van der Waals surface area contributed by atoms with Gasteiger partial charge in [0.15, 0.2) is 0 Å². The molecule has 2 aliphatic rings. The average molecular weight is 409 g/mol. The van der Waals surface area contributed by atoms with Gasteiger partial charge in [0, 0.05) is 27.1 Å². The summed E-state index contributed by atoms with van der Waals surface area (Å²) >= 11 is 0. The maximum Gasteiger partial charge on any atom is 0.246 e. The summed E-state index contributed by atoms with van der Waals surface area (Å²) in [5, 5.41) is 7.68. The number of hydrogen-bond acceptors (Lipinski definition) is 5. The maximum absolute atomic E-state index is 13.2. The molecule has 2 saturated heterocycles. The first-order valence-electron chi connectivity index (χ1n) is 10.1. The van der Waals surface area contributed by atoms with Crippen molar-refractivity contribution in [2.24, 2.45) is 0 Å². The predicted molar refractivity (Wildman–Crippen MR) is 104 cm³/mol. The number of likely N-dealkylation sites (tertiary alicyclic amines) is 2. The second-order valence-electron chi connectivity index (χ2n) is 7.65. The van der Waals surface area contributed by atoms with Crippen LogP contribution in [0.2, 0.25) is 0 Å². The molecule has 0 aromatic carbocycles. The molecular formula is C19H31N5O5. The maximum atomic E-state index is 13.2. The number of hydrogen-bond donors (Lipinski definition) is 3. The van der Waals surface area contributed by atoms with E-state index in [0.29, 0.717) is 38.8 Å². The Morgan fingerprint density at radius 1 is 0.862 bits per heavy atom. The van der Waals surface area contributed by atoms with Gasteiger partial charge >= 0.3 is 0 Å². The van der Waals surface area contributed by atoms with Crippen molar-refractivity contribution in [2.45, 2.75) is 70.6 Å². The lowest BCUT2D eigenvalue weighted by atomic mass is 10.1. The highest BCUT2D eigenvalue weighted by Crippen LogP contribution is 2.25. The predicted octanol–water partition coefficient (Wildman–Crippen LogP) is -1.26. The van der Waals surface area contributed by atoms with Crippen molar-refractivity contribution in [3.63, 3.8) is 0 Å². The molecule has 2 rings (SSSR count). The van der Waals surface area contributed by atoms with E-state index in [1.807, 2.05) is 0 Å². The molecule has 10 heteroatoms. The van der Waals surface area contributed by atoms with Crippen LogP contribution in [0.5, 0.6) is 0 Å². The van der Waals surface area contributed by atoms with Crippen LogP contribution in [0.15, 0.2) is 0 Å². The fourth-order valence-electron chi connectivity index (χ4n) is 3.99. The zero-order chi connectivity index (χ0) is 21.7. The van der Waals surface area contributed by atoms with Crippen molar-refractivity contribution >= 4 is 29.5 Å². The highest BCUT2D eigenvalue weighted by atomic mass is 16.2. The summed E-state index contributed by atoms with van der Waals surface area (Å²) in [6.45, 7) is 5.39. The van der Waals surface area contributed by atoms with Gasteiger partial charge in [0.2, 0.25) is 29.5 Å². The highest BCUT2D eigenvalue weighted by molar-refractivity contribution is 5.95. The Labute approximate surface area is 170 Å². The summed E-state index contributed by atoms with van der Waals surface area (Å²) in [7, 11) is 1.49. The van der Waals surface area contributed by atoms with Crippen molar-refractivity contribution in [1.82, 2.24) is 25.8 Å². The second-order valence-corrected chi connectivity index (χ2v) is 7.65. The topological polar surface area (TPSA) is 128 Å². The van der Waals surface area contributed by atoms with E-state index < -0.39 is 24.2 Å². The lowest BCUT2D eigenvalue weighted by Gasteiger charge is -2.32. The fraction of sp³-hybridized carbons (Fsp3) is 0.737. The number of carbonyl (C=O) groups excluding carboxylic acids is 5. The zero-order valence-electron chi connectivity index (χ0n) is 17.5. The van der Waals surface area contributed by atoms with E-state index >= 15 is 0 Å². The molecule has 0 spiro atoms. The SMILES string of the molecule is CNC(=O)[C@H](C)NC(=O)[C@@H]1CCCN1C(=O)[C@H]1CCCN1C(=O)[C@H](C)NC(C)=O. The molecule has 4 atom stereocenters. The Kier molecular flexibility index (Phi) is 7.58. The van der Waals surface area contributed by atoms with Crippen LogP contribution >= 0.6 is 0 Å². The Morgan fingerprint density at radius 2 is 1.45 bits per heavy atom. The first-order valence-corrected chi connectivity index (χ1v) is 10.1. The summed E-state index contributed by atoms with van der Waals surface area (Å²) in [4.78, 5) is 64.4. The van der Waals surface area contributed by atoms with Crippen molar-refractivity contribution in [2.75, 3.05) is 20.1 Å². The van der Waals surface area contributed by atoms with Crippen LogP contribution in [-0.2, 0) is 24.0 Å². The van der Waals surface area contributed by atoms with Gasteiger partial charge in [-0.25, -0.2) is 0 Å². The third-order valence-electron chi connectivity index (χ3n) is 5.45. The molecule has 5 amide bonds. The van der Waals surface area contributed by atoms with E-state index in [9.17, 15) is 24.0 Å². The molecule has 0 aromatic rings. The van der Waals surface area contributed by atoms with Crippen molar-refractivity contribution in [3.8, 4) is 0 Å². The first-order chi connectivity index (χ1) is 13.7. The van der Waals surface area contributed by atoms with E-state index in [-0.39, 0.29) is 29.5 Å². The smallest absolute Gasteiger partial charge is 0.246 e. The summed E-state index contributed by atoms with van der Waals surface area (Å²) in [5.41, 5.74) is 0. The van der Waals surface area contributed by atoms with Crippen LogP contribution in [0, 0.1) is 0 Å². The van der Waals surface area contributed by atoms with Crippen LogP contribution in [0.4, 0.5) is 0 Å². The molecule has 29 heavy (non-hydrogen) atoms. The van der Waals surface area contributed by atoms with E-state index in [4.69, 9.17) is 0 Å². The molecule has 0 aromatic heterocycles. The molecule has 2 fully saturated rings. The molecule has 0 aliphatic carbocycles. The van der Waals surface area contributed by atoms with Crippen molar-refractivity contribution in [3.05, 3.63) is 0 Å². The summed E-state index contributed by atoms with van der Waals surface area (Å²) in [5.74, 6) is -1.54. The van der Waals surface area contributed by atoms with Gasteiger partial charge in [0.05, 0.1) is 0 Å². The number of amides is 5. The van der Waals surface area contributed by atoms with Crippen LogP contribution < -0.4 is 16.0 Å². The zero-order valence-corrected chi connectivity index (χ0v) is 17.5. The number of likely N-dealkylation sites (N-methyl/N-ethyl adjacent to an activating group) is 1. The normalized spacial score (nSPS) is 23.3. The first kappa shape index (κ1) is 22.6. The Morgan fingerprint density at radius 3 is 2.03 bits per heavy atom. The Hall–Kier alpha value is -2.65. The number of carbonyl (C=O) groups is 5. The summed E-state index contributed by atoms with van der Waals surface area (Å²) < 4.78 is 0. The fourth-order valence-corrected chi connectivity index (χ4v) is 3.99. The lowest BCUT2D eigenvalue weighted by Crippen LogP contribution is -2.56. The van der Waals surface area contributed by atoms with Crippen LogP contribution in [0.3, 0.4) is 0 Å². The van der Waals surface area contributed by atoms with Gasteiger partial charge in [-0.15, -0.1) is 0 Å². The van der Waals surface area contributed by atoms with Gasteiger partial charge in [-0.1, -0.05) is 0 Å². The van der Waals surface area contributed by atoms with Gasteiger partial charge in [-0.2, -0.15) is 0 Å². The minimum atomic E-state index is -0.716. The summed E-state index contributed by atoms with van der Waals surface area (Å²) in [6.07, 6.45) is 2.41. The van der Waals surface area contributed by atoms with E-state index in [2.05, 4.69) is 16.0 Å². The molecule has 0 radical (unpaired) electrons. The number of nitrogens with one attached hydrogen (secondary N) is 3. The molecule has 3 N–H and O–H groups in total. The van der Waals surface area contributed by atoms with Crippen LogP contribution in [0.25, 0.3) is 0 Å². The molecule has 2 heterocycles. The van der Waals surface area contributed by atoms with Gasteiger partial charge in [0.25, 0.3) is 0 Å². The largest absolute Gasteiger partial charge is 0.357 e. The van der Waals surface area contributed by atoms with Gasteiger partial charge < -0.3 is 25.8 Å². The van der Waals surface area contributed by atoms with E-state index in [0.717, 1.165) is 0 Å². The third-order valence-corrected chi connectivity index (χ3v) is 5.45. The Balaban J connectivity index is 2.07. The minimum Gasteiger partial charge on any atom is -0.357 e. The number of rotatable bonds is 6. The molecule has 0 saturated carbocycles. The quantitative estimate of drug-likeness (QED) is 0.505. The Bertz CT molecular complexity index is 682. The van der Waals surface area contributed by atoms with E-state index in [1.54, 1.807) is 13.8 Å². The minimum absolute atomic E-state index is 0.254. The average Bonchev–Trinajstić information content (AvgIpc) is 3.34. The molecular weight excluding hydrogens is 378 g/mol. The third kappa shape index (κ3) is 5.24. The van der Waals surface area contributed by atoms with Crippen LogP contribution in [-0.4, -0.2) is 83.6 Å². The molecule has 10 nitrogen and oxygen atoms in total. The van der Waals surface area contributed by atoms with Gasteiger partial charge in [-0.05, 0) is 39.5 Å². The molecule has 2 aliphatic heterocycles.